The smallest absolute Gasteiger partial charge is 0.331 e. The van der Waals surface area contributed by atoms with E-state index in [0.29, 0.717) is 17.9 Å². The summed E-state index contributed by atoms with van der Waals surface area (Å²) >= 11 is 5.86. The molecule has 2 saturated carbocycles. The summed E-state index contributed by atoms with van der Waals surface area (Å²) in [5.41, 5.74) is -0.600. The van der Waals surface area contributed by atoms with Crippen molar-refractivity contribution in [1.82, 2.24) is 9.78 Å². The van der Waals surface area contributed by atoms with Crippen LogP contribution in [-0.2, 0) is 10.3 Å². The molecule has 2 aliphatic rings. The summed E-state index contributed by atoms with van der Waals surface area (Å²) in [6.45, 7) is 0. The summed E-state index contributed by atoms with van der Waals surface area (Å²) in [7, 11) is 0. The van der Waals surface area contributed by atoms with Gasteiger partial charge in [0.15, 0.2) is 5.54 Å². The Hall–Kier alpha value is -1.03. The second kappa shape index (κ2) is 3.48. The van der Waals surface area contributed by atoms with E-state index in [1.54, 1.807) is 10.9 Å². The molecule has 0 bridgehead atoms. The fraction of sp³-hybridized carbons (Fsp3) is 0.667. The van der Waals surface area contributed by atoms with Gasteiger partial charge in [-0.2, -0.15) is 5.10 Å². The van der Waals surface area contributed by atoms with Crippen LogP contribution in [0.5, 0.6) is 0 Å². The van der Waals surface area contributed by atoms with Crippen molar-refractivity contribution in [3.8, 4) is 0 Å². The highest BCUT2D eigenvalue weighted by Crippen LogP contribution is 2.60. The quantitative estimate of drug-likeness (QED) is 0.883. The summed E-state index contributed by atoms with van der Waals surface area (Å²) in [4.78, 5) is 11.7. The van der Waals surface area contributed by atoms with Crippen molar-refractivity contribution in [2.75, 3.05) is 0 Å². The number of carbonyl (C=O) groups is 1. The van der Waals surface area contributed by atoms with Gasteiger partial charge in [-0.1, -0.05) is 11.6 Å². The van der Waals surface area contributed by atoms with Crippen LogP contribution in [0.15, 0.2) is 12.4 Å². The number of carboxylic acid groups (broad SMARTS) is 1. The first-order valence-corrected chi connectivity index (χ1v) is 6.38. The van der Waals surface area contributed by atoms with Crippen LogP contribution in [0.4, 0.5) is 0 Å². The number of rotatable bonds is 2. The third-order valence-electron chi connectivity index (χ3n) is 4.31. The molecule has 92 valence electrons. The molecule has 3 rings (SSSR count). The van der Waals surface area contributed by atoms with Crippen LogP contribution in [0.1, 0.15) is 38.5 Å². The Kier molecular flexibility index (Phi) is 2.27. The van der Waals surface area contributed by atoms with Gasteiger partial charge >= 0.3 is 5.97 Å². The predicted octanol–water partition coefficient (Wildman–Crippen LogP) is 2.67. The van der Waals surface area contributed by atoms with Crippen molar-refractivity contribution >= 4 is 17.6 Å². The highest BCUT2D eigenvalue weighted by atomic mass is 35.5. The van der Waals surface area contributed by atoms with Crippen LogP contribution in [0.3, 0.4) is 0 Å². The summed E-state index contributed by atoms with van der Waals surface area (Å²) in [5.74, 6) is -0.775. The molecule has 0 aliphatic heterocycles. The number of hydrogen-bond acceptors (Lipinski definition) is 2. The maximum absolute atomic E-state index is 11.7. The Labute approximate surface area is 105 Å². The SMILES string of the molecule is O=C(O)C1(n2cc(Cl)cn2)CCCC2(CC2)C1. The Morgan fingerprint density at radius 3 is 2.71 bits per heavy atom. The van der Waals surface area contributed by atoms with Gasteiger partial charge in [0.05, 0.1) is 11.2 Å². The number of nitrogens with zero attached hydrogens (tertiary/aromatic N) is 2. The van der Waals surface area contributed by atoms with Crippen LogP contribution in [0.2, 0.25) is 5.02 Å². The second-order valence-corrected chi connectivity index (χ2v) is 5.91. The zero-order chi connectivity index (χ0) is 12.1. The lowest BCUT2D eigenvalue weighted by atomic mass is 9.73. The number of halogens is 1. The average molecular weight is 255 g/mol. The first-order valence-electron chi connectivity index (χ1n) is 6.01. The van der Waals surface area contributed by atoms with Crippen molar-refractivity contribution in [2.45, 2.75) is 44.1 Å². The van der Waals surface area contributed by atoms with E-state index >= 15 is 0 Å². The molecule has 0 radical (unpaired) electrons. The molecule has 1 spiro atoms. The van der Waals surface area contributed by atoms with E-state index in [1.165, 1.54) is 6.20 Å². The van der Waals surface area contributed by atoms with Crippen LogP contribution in [0.25, 0.3) is 0 Å². The molecule has 1 heterocycles. The van der Waals surface area contributed by atoms with E-state index < -0.39 is 11.5 Å². The predicted molar refractivity (Wildman–Crippen MR) is 63.0 cm³/mol. The van der Waals surface area contributed by atoms with Gasteiger partial charge in [0.2, 0.25) is 0 Å². The van der Waals surface area contributed by atoms with Crippen molar-refractivity contribution in [1.29, 1.82) is 0 Å². The molecule has 1 unspecified atom stereocenters. The van der Waals surface area contributed by atoms with E-state index in [2.05, 4.69) is 5.10 Å². The monoisotopic (exact) mass is 254 g/mol. The molecule has 17 heavy (non-hydrogen) atoms. The standard InChI is InChI=1S/C12H15ClN2O2/c13-9-6-14-15(7-9)12(10(16)17)3-1-2-11(8-12)4-5-11/h6-7H,1-5,8H2,(H,16,17). The highest BCUT2D eigenvalue weighted by molar-refractivity contribution is 6.30. The Morgan fingerprint density at radius 2 is 2.18 bits per heavy atom. The fourth-order valence-electron chi connectivity index (χ4n) is 3.17. The lowest BCUT2D eigenvalue weighted by Crippen LogP contribution is -2.46. The highest BCUT2D eigenvalue weighted by Gasteiger charge is 2.56. The topological polar surface area (TPSA) is 55.1 Å². The fourth-order valence-corrected chi connectivity index (χ4v) is 3.30. The van der Waals surface area contributed by atoms with Crippen LogP contribution in [-0.4, -0.2) is 20.9 Å². The zero-order valence-electron chi connectivity index (χ0n) is 9.53. The molecule has 0 aromatic carbocycles. The molecule has 1 aromatic rings. The van der Waals surface area contributed by atoms with Crippen LogP contribution in [0, 0.1) is 5.41 Å². The first kappa shape index (κ1) is 11.1. The molecular weight excluding hydrogens is 240 g/mol. The molecule has 5 heteroatoms. The molecule has 4 nitrogen and oxygen atoms in total. The van der Waals surface area contributed by atoms with Crippen LogP contribution >= 0.6 is 11.6 Å². The summed E-state index contributed by atoms with van der Waals surface area (Å²) < 4.78 is 1.57. The van der Waals surface area contributed by atoms with Gasteiger partial charge in [-0.05, 0) is 43.9 Å². The van der Waals surface area contributed by atoms with Gasteiger partial charge in [0, 0.05) is 6.20 Å². The minimum absolute atomic E-state index is 0.273. The minimum atomic E-state index is -0.873. The van der Waals surface area contributed by atoms with Crippen molar-refractivity contribution < 1.29 is 9.90 Å². The zero-order valence-corrected chi connectivity index (χ0v) is 10.3. The largest absolute Gasteiger partial charge is 0.479 e. The number of carboxylic acids is 1. The van der Waals surface area contributed by atoms with E-state index in [9.17, 15) is 9.90 Å². The van der Waals surface area contributed by atoms with E-state index in [0.717, 1.165) is 25.7 Å². The van der Waals surface area contributed by atoms with Gasteiger partial charge in [0.25, 0.3) is 0 Å². The van der Waals surface area contributed by atoms with Gasteiger partial charge in [-0.3, -0.25) is 4.68 Å². The molecule has 2 fully saturated rings. The van der Waals surface area contributed by atoms with E-state index in [-0.39, 0.29) is 5.41 Å². The van der Waals surface area contributed by atoms with E-state index in [4.69, 9.17) is 11.6 Å². The summed E-state index contributed by atoms with van der Waals surface area (Å²) in [5, 5.41) is 14.2. The normalized spacial score (nSPS) is 30.4. The molecule has 2 aliphatic carbocycles. The number of aromatic nitrogens is 2. The molecule has 0 amide bonds. The summed E-state index contributed by atoms with van der Waals surface area (Å²) in [6.07, 6.45) is 8.96. The Morgan fingerprint density at radius 1 is 1.41 bits per heavy atom. The molecule has 1 atom stereocenters. The maximum atomic E-state index is 11.7. The number of hydrogen-bond donors (Lipinski definition) is 1. The lowest BCUT2D eigenvalue weighted by molar-refractivity contribution is -0.151. The third-order valence-corrected chi connectivity index (χ3v) is 4.50. The van der Waals surface area contributed by atoms with Gasteiger partial charge in [0.1, 0.15) is 0 Å². The summed E-state index contributed by atoms with van der Waals surface area (Å²) in [6, 6.07) is 0. The first-order chi connectivity index (χ1) is 8.06. The Balaban J connectivity index is 2.00. The van der Waals surface area contributed by atoms with Crippen molar-refractivity contribution in [3.63, 3.8) is 0 Å². The van der Waals surface area contributed by atoms with Gasteiger partial charge < -0.3 is 5.11 Å². The van der Waals surface area contributed by atoms with Gasteiger partial charge in [-0.25, -0.2) is 4.79 Å². The molecular formula is C12H15ClN2O2. The van der Waals surface area contributed by atoms with Gasteiger partial charge in [-0.15, -0.1) is 0 Å². The molecule has 1 aromatic heterocycles. The maximum Gasteiger partial charge on any atom is 0.331 e. The Bertz CT molecular complexity index is 467. The minimum Gasteiger partial charge on any atom is -0.479 e. The third kappa shape index (κ3) is 1.66. The van der Waals surface area contributed by atoms with Crippen molar-refractivity contribution in [3.05, 3.63) is 17.4 Å². The second-order valence-electron chi connectivity index (χ2n) is 5.47. The molecule has 0 saturated heterocycles. The van der Waals surface area contributed by atoms with E-state index in [1.807, 2.05) is 0 Å². The van der Waals surface area contributed by atoms with Crippen LogP contribution < -0.4 is 0 Å². The average Bonchev–Trinajstić information content (AvgIpc) is 2.87. The number of aliphatic carboxylic acids is 1. The molecule has 1 N–H and O–H groups in total. The van der Waals surface area contributed by atoms with Crippen molar-refractivity contribution in [2.24, 2.45) is 5.41 Å². The lowest BCUT2D eigenvalue weighted by Gasteiger charge is -2.38.